The Kier molecular flexibility index (Phi) is 8.98. The lowest BCUT2D eigenvalue weighted by Crippen LogP contribution is -2.58. The summed E-state index contributed by atoms with van der Waals surface area (Å²) in [6.45, 7) is 8.37. The van der Waals surface area contributed by atoms with Crippen LogP contribution in [0.1, 0.15) is 44.9 Å². The van der Waals surface area contributed by atoms with Gasteiger partial charge in [-0.15, -0.1) is 0 Å². The molecule has 0 radical (unpaired) electrons. The average Bonchev–Trinajstić information content (AvgIpc) is 2.55. The number of hydrogen-bond acceptors (Lipinski definition) is 5. The fourth-order valence-corrected chi connectivity index (χ4v) is 4.11. The normalized spacial score (nSPS) is 22.8. The van der Waals surface area contributed by atoms with Gasteiger partial charge in [0.05, 0.1) is 20.0 Å². The smallest absolute Gasteiger partial charge is 0.0532 e. The molecule has 0 aromatic rings. The summed E-state index contributed by atoms with van der Waals surface area (Å²) < 4.78 is 0. The molecule has 24 heavy (non-hydrogen) atoms. The van der Waals surface area contributed by atoms with Crippen LogP contribution in [-0.4, -0.2) is 105 Å². The van der Waals surface area contributed by atoms with Crippen LogP contribution in [0, 0.1) is 0 Å². The molecule has 2 rings (SSSR count). The van der Waals surface area contributed by atoms with Crippen LogP contribution >= 0.6 is 0 Å². The van der Waals surface area contributed by atoms with E-state index >= 15 is 0 Å². The first-order valence-electron chi connectivity index (χ1n) is 10.0. The van der Waals surface area contributed by atoms with Crippen LogP contribution in [0.3, 0.4) is 0 Å². The van der Waals surface area contributed by atoms with Gasteiger partial charge in [0.15, 0.2) is 0 Å². The van der Waals surface area contributed by atoms with Gasteiger partial charge < -0.3 is 9.80 Å². The van der Waals surface area contributed by atoms with Crippen molar-refractivity contribution >= 4 is 0 Å². The van der Waals surface area contributed by atoms with Gasteiger partial charge in [-0.05, 0) is 67.0 Å². The van der Waals surface area contributed by atoms with Crippen molar-refractivity contribution in [1.82, 2.24) is 24.5 Å². The lowest BCUT2D eigenvalue weighted by atomic mass is 9.94. The van der Waals surface area contributed by atoms with E-state index in [2.05, 4.69) is 52.7 Å². The molecular weight excluding hydrogens is 298 g/mol. The summed E-state index contributed by atoms with van der Waals surface area (Å²) in [4.78, 5) is 12.7. The van der Waals surface area contributed by atoms with Crippen molar-refractivity contribution in [2.24, 2.45) is 0 Å². The molecule has 0 bridgehead atoms. The first kappa shape index (κ1) is 20.1. The molecular formula is C19H41N5. The Morgan fingerprint density at radius 2 is 1.21 bits per heavy atom. The summed E-state index contributed by atoms with van der Waals surface area (Å²) in [6.07, 6.45) is 9.69. The first-order chi connectivity index (χ1) is 11.5. The van der Waals surface area contributed by atoms with Crippen molar-refractivity contribution < 1.29 is 0 Å². The molecule has 1 saturated carbocycles. The third-order valence-corrected chi connectivity index (χ3v) is 5.41. The highest BCUT2D eigenvalue weighted by Gasteiger charge is 2.28. The van der Waals surface area contributed by atoms with Crippen LogP contribution in [0.25, 0.3) is 0 Å². The van der Waals surface area contributed by atoms with Crippen molar-refractivity contribution in [2.75, 3.05) is 74.4 Å². The molecule has 2 aliphatic rings. The van der Waals surface area contributed by atoms with Gasteiger partial charge in [0, 0.05) is 19.1 Å². The van der Waals surface area contributed by atoms with E-state index in [1.165, 1.54) is 84.5 Å². The van der Waals surface area contributed by atoms with E-state index in [0.717, 1.165) is 12.7 Å². The fourth-order valence-electron chi connectivity index (χ4n) is 4.11. The van der Waals surface area contributed by atoms with Gasteiger partial charge in [-0.25, -0.2) is 0 Å². The molecule has 1 aliphatic heterocycles. The molecule has 142 valence electrons. The van der Waals surface area contributed by atoms with E-state index in [1.807, 2.05) is 0 Å². The molecule has 2 fully saturated rings. The van der Waals surface area contributed by atoms with E-state index in [4.69, 9.17) is 0 Å². The van der Waals surface area contributed by atoms with Gasteiger partial charge in [-0.2, -0.15) is 0 Å². The highest BCUT2D eigenvalue weighted by atomic mass is 15.5. The molecule has 0 aromatic heterocycles. The maximum atomic E-state index is 2.77. The van der Waals surface area contributed by atoms with Crippen LogP contribution in [0.5, 0.6) is 0 Å². The zero-order valence-corrected chi connectivity index (χ0v) is 16.7. The first-order valence-corrected chi connectivity index (χ1v) is 10.0. The maximum absolute atomic E-state index is 2.77. The van der Waals surface area contributed by atoms with E-state index < -0.39 is 0 Å². The molecule has 5 nitrogen and oxygen atoms in total. The molecule has 0 amide bonds. The molecule has 1 saturated heterocycles. The Morgan fingerprint density at radius 1 is 0.708 bits per heavy atom. The van der Waals surface area contributed by atoms with Crippen LogP contribution in [0.15, 0.2) is 0 Å². The topological polar surface area (TPSA) is 16.2 Å². The zero-order chi connectivity index (χ0) is 17.4. The highest BCUT2D eigenvalue weighted by molar-refractivity contribution is 4.79. The Balaban J connectivity index is 1.84. The SMILES string of the molecule is CN(C)CCCN1CN(CCCN(C)C)CN(C2CCCCC2)C1. The lowest BCUT2D eigenvalue weighted by molar-refractivity contribution is -0.0582. The number of nitrogens with zero attached hydrogens (tertiary/aromatic N) is 5. The molecule has 0 spiro atoms. The third kappa shape index (κ3) is 7.36. The second-order valence-electron chi connectivity index (χ2n) is 8.41. The molecule has 0 unspecified atom stereocenters. The lowest BCUT2D eigenvalue weighted by Gasteiger charge is -2.46. The van der Waals surface area contributed by atoms with Gasteiger partial charge in [-0.1, -0.05) is 19.3 Å². The van der Waals surface area contributed by atoms with Crippen molar-refractivity contribution in [3.05, 3.63) is 0 Å². The van der Waals surface area contributed by atoms with Crippen molar-refractivity contribution in [3.63, 3.8) is 0 Å². The van der Waals surface area contributed by atoms with Crippen molar-refractivity contribution in [3.8, 4) is 0 Å². The summed E-state index contributed by atoms with van der Waals surface area (Å²) in [7, 11) is 8.71. The summed E-state index contributed by atoms with van der Waals surface area (Å²) in [5, 5.41) is 0. The van der Waals surface area contributed by atoms with Gasteiger partial charge in [0.1, 0.15) is 0 Å². The van der Waals surface area contributed by atoms with Gasteiger partial charge in [0.25, 0.3) is 0 Å². The standard InChI is InChI=1S/C19H41N5/c1-20(2)12-8-14-22-16-23(15-9-13-21(3)4)18-24(17-22)19-10-6-5-7-11-19/h19H,5-18H2,1-4H3. The summed E-state index contributed by atoms with van der Waals surface area (Å²) in [5.74, 6) is 0. The number of rotatable bonds is 9. The molecule has 0 N–H and O–H groups in total. The highest BCUT2D eigenvalue weighted by Crippen LogP contribution is 2.24. The monoisotopic (exact) mass is 339 g/mol. The quantitative estimate of drug-likeness (QED) is 0.637. The second kappa shape index (κ2) is 10.7. The average molecular weight is 340 g/mol. The summed E-state index contributed by atoms with van der Waals surface area (Å²) in [5.41, 5.74) is 0. The van der Waals surface area contributed by atoms with Gasteiger partial charge >= 0.3 is 0 Å². The van der Waals surface area contributed by atoms with Crippen LogP contribution in [0.2, 0.25) is 0 Å². The second-order valence-corrected chi connectivity index (χ2v) is 8.41. The van der Waals surface area contributed by atoms with Crippen LogP contribution < -0.4 is 0 Å². The molecule has 1 aliphatic carbocycles. The zero-order valence-electron chi connectivity index (χ0n) is 16.7. The Bertz CT molecular complexity index is 306. The predicted molar refractivity (Wildman–Crippen MR) is 103 cm³/mol. The maximum Gasteiger partial charge on any atom is 0.0532 e. The minimum Gasteiger partial charge on any atom is -0.309 e. The summed E-state index contributed by atoms with van der Waals surface area (Å²) >= 11 is 0. The van der Waals surface area contributed by atoms with Crippen molar-refractivity contribution in [2.45, 2.75) is 51.0 Å². The van der Waals surface area contributed by atoms with Crippen LogP contribution in [0.4, 0.5) is 0 Å². The van der Waals surface area contributed by atoms with E-state index in [-0.39, 0.29) is 0 Å². The fraction of sp³-hybridized carbons (Fsp3) is 1.00. The molecule has 0 atom stereocenters. The van der Waals surface area contributed by atoms with Crippen molar-refractivity contribution in [1.29, 1.82) is 0 Å². The van der Waals surface area contributed by atoms with E-state index in [1.54, 1.807) is 0 Å². The molecule has 0 aromatic carbocycles. The summed E-state index contributed by atoms with van der Waals surface area (Å²) in [6, 6.07) is 0.826. The third-order valence-electron chi connectivity index (χ3n) is 5.41. The van der Waals surface area contributed by atoms with E-state index in [0.29, 0.717) is 0 Å². The Hall–Kier alpha value is -0.200. The van der Waals surface area contributed by atoms with Crippen LogP contribution in [-0.2, 0) is 0 Å². The van der Waals surface area contributed by atoms with Gasteiger partial charge in [-0.3, -0.25) is 14.7 Å². The van der Waals surface area contributed by atoms with E-state index in [9.17, 15) is 0 Å². The largest absolute Gasteiger partial charge is 0.309 e. The Morgan fingerprint density at radius 3 is 1.67 bits per heavy atom. The Labute approximate surface area is 150 Å². The minimum absolute atomic E-state index is 0.826. The number of hydrogen-bond donors (Lipinski definition) is 0. The molecule has 1 heterocycles. The predicted octanol–water partition coefficient (Wildman–Crippen LogP) is 2.01. The minimum atomic E-state index is 0.826. The molecule has 5 heteroatoms. The van der Waals surface area contributed by atoms with Gasteiger partial charge in [0.2, 0.25) is 0 Å².